The van der Waals surface area contributed by atoms with Crippen LogP contribution in [0.15, 0.2) is 0 Å². The molecule has 0 bridgehead atoms. The summed E-state index contributed by atoms with van der Waals surface area (Å²) in [5.41, 5.74) is 0. The Kier molecular flexibility index (Phi) is 6.70. The van der Waals surface area contributed by atoms with Crippen LogP contribution in [-0.2, 0) is 23.8 Å². The summed E-state index contributed by atoms with van der Waals surface area (Å²) in [6, 6.07) is 0. The molecule has 0 aliphatic heterocycles. The van der Waals surface area contributed by atoms with E-state index < -0.39 is 5.79 Å². The second-order valence-electron chi connectivity index (χ2n) is 3.21. The third-order valence-corrected chi connectivity index (χ3v) is 2.05. The third kappa shape index (κ3) is 6.06. The lowest BCUT2D eigenvalue weighted by Gasteiger charge is -2.25. The minimum atomic E-state index is -0.950. The van der Waals surface area contributed by atoms with Gasteiger partial charge in [-0.25, -0.2) is 0 Å². The summed E-state index contributed by atoms with van der Waals surface area (Å²) in [7, 11) is 1.45. The summed E-state index contributed by atoms with van der Waals surface area (Å²) in [5.74, 6) is -1.20. The molecular formula is C10H18O5. The molecule has 1 unspecified atom stereocenters. The molecular weight excluding hydrogens is 200 g/mol. The lowest BCUT2D eigenvalue weighted by molar-refractivity contribution is -0.204. The molecule has 0 aliphatic rings. The number of hydrogen-bond donors (Lipinski definition) is 0. The lowest BCUT2D eigenvalue weighted by atomic mass is 10.1. The van der Waals surface area contributed by atoms with Gasteiger partial charge in [-0.05, 0) is 13.3 Å². The Morgan fingerprint density at radius 2 is 2.13 bits per heavy atom. The number of methoxy groups -OCH3 is 1. The van der Waals surface area contributed by atoms with E-state index in [2.05, 4.69) is 0 Å². The third-order valence-electron chi connectivity index (χ3n) is 2.05. The van der Waals surface area contributed by atoms with Crippen molar-refractivity contribution < 1.29 is 23.8 Å². The predicted molar refractivity (Wildman–Crippen MR) is 53.0 cm³/mol. The van der Waals surface area contributed by atoms with Crippen LogP contribution >= 0.6 is 0 Å². The molecule has 1 atom stereocenters. The summed E-state index contributed by atoms with van der Waals surface area (Å²) in [4.78, 5) is 21.2. The van der Waals surface area contributed by atoms with Crippen LogP contribution in [-0.4, -0.2) is 31.9 Å². The first-order valence-electron chi connectivity index (χ1n) is 4.90. The van der Waals surface area contributed by atoms with Gasteiger partial charge in [0.1, 0.15) is 0 Å². The Hall–Kier alpha value is -1.10. The number of ether oxygens (including phenoxy) is 3. The molecule has 88 valence electrons. The standard InChI is InChI=1S/C10H18O5/c1-4-14-9(12)6-5-7-10(2,13-3)15-8-11/h8H,4-7H2,1-3H3. The fraction of sp³-hybridized carbons (Fsp3) is 0.800. The van der Waals surface area contributed by atoms with E-state index in [-0.39, 0.29) is 5.97 Å². The maximum absolute atomic E-state index is 11.0. The van der Waals surface area contributed by atoms with Crippen LogP contribution in [0.3, 0.4) is 0 Å². The molecule has 0 aliphatic carbocycles. The number of carbonyl (C=O) groups is 2. The molecule has 0 aromatic carbocycles. The van der Waals surface area contributed by atoms with Crippen molar-refractivity contribution in [2.75, 3.05) is 13.7 Å². The summed E-state index contributed by atoms with van der Waals surface area (Å²) in [5, 5.41) is 0. The van der Waals surface area contributed by atoms with Gasteiger partial charge in [-0.15, -0.1) is 0 Å². The SMILES string of the molecule is CCOC(=O)CCCC(C)(OC)OC=O. The normalized spacial score (nSPS) is 14.1. The van der Waals surface area contributed by atoms with Gasteiger partial charge in [-0.3, -0.25) is 9.59 Å². The summed E-state index contributed by atoms with van der Waals surface area (Å²) >= 11 is 0. The Balaban J connectivity index is 3.81. The van der Waals surface area contributed by atoms with Crippen molar-refractivity contribution in [2.24, 2.45) is 0 Å². The molecule has 0 aromatic rings. The summed E-state index contributed by atoms with van der Waals surface area (Å²) in [6.07, 6.45) is 1.31. The van der Waals surface area contributed by atoms with E-state index in [9.17, 15) is 9.59 Å². The van der Waals surface area contributed by atoms with Crippen molar-refractivity contribution in [3.63, 3.8) is 0 Å². The Bertz CT molecular complexity index is 204. The number of hydrogen-bond acceptors (Lipinski definition) is 5. The molecule has 0 radical (unpaired) electrons. The van der Waals surface area contributed by atoms with Crippen LogP contribution < -0.4 is 0 Å². The van der Waals surface area contributed by atoms with E-state index in [0.29, 0.717) is 32.3 Å². The Morgan fingerprint density at radius 3 is 2.60 bits per heavy atom. The quantitative estimate of drug-likeness (QED) is 0.348. The van der Waals surface area contributed by atoms with Crippen LogP contribution in [0.4, 0.5) is 0 Å². The van der Waals surface area contributed by atoms with Gasteiger partial charge >= 0.3 is 5.97 Å². The van der Waals surface area contributed by atoms with E-state index in [4.69, 9.17) is 14.2 Å². The highest BCUT2D eigenvalue weighted by Gasteiger charge is 2.24. The predicted octanol–water partition coefficient (Wildman–Crippen LogP) is 1.26. The largest absolute Gasteiger partial charge is 0.466 e. The monoisotopic (exact) mass is 218 g/mol. The molecule has 0 N–H and O–H groups in total. The van der Waals surface area contributed by atoms with Crippen molar-refractivity contribution in [2.45, 2.75) is 38.9 Å². The first-order valence-corrected chi connectivity index (χ1v) is 4.90. The zero-order chi connectivity index (χ0) is 11.7. The minimum Gasteiger partial charge on any atom is -0.466 e. The fourth-order valence-electron chi connectivity index (χ4n) is 1.10. The van der Waals surface area contributed by atoms with Gasteiger partial charge in [0.15, 0.2) is 0 Å². The molecule has 5 heteroatoms. The number of rotatable bonds is 8. The first-order chi connectivity index (χ1) is 7.08. The van der Waals surface area contributed by atoms with Crippen molar-refractivity contribution >= 4 is 12.4 Å². The van der Waals surface area contributed by atoms with E-state index in [1.807, 2.05) is 0 Å². The molecule has 0 rings (SSSR count). The lowest BCUT2D eigenvalue weighted by Crippen LogP contribution is -2.30. The van der Waals surface area contributed by atoms with E-state index in [1.165, 1.54) is 7.11 Å². The second kappa shape index (κ2) is 7.23. The second-order valence-corrected chi connectivity index (χ2v) is 3.21. The van der Waals surface area contributed by atoms with Gasteiger partial charge < -0.3 is 14.2 Å². The van der Waals surface area contributed by atoms with E-state index in [1.54, 1.807) is 13.8 Å². The highest BCUT2D eigenvalue weighted by Crippen LogP contribution is 2.18. The van der Waals surface area contributed by atoms with Crippen LogP contribution in [0.5, 0.6) is 0 Å². The molecule has 0 saturated carbocycles. The molecule has 0 heterocycles. The zero-order valence-corrected chi connectivity index (χ0v) is 9.45. The van der Waals surface area contributed by atoms with E-state index >= 15 is 0 Å². The van der Waals surface area contributed by atoms with Gasteiger partial charge in [0.25, 0.3) is 6.47 Å². The van der Waals surface area contributed by atoms with E-state index in [0.717, 1.165) is 0 Å². The minimum absolute atomic E-state index is 0.248. The van der Waals surface area contributed by atoms with Gasteiger partial charge in [0.2, 0.25) is 5.79 Å². The van der Waals surface area contributed by atoms with Gasteiger partial charge in [-0.1, -0.05) is 0 Å². The van der Waals surface area contributed by atoms with Gasteiger partial charge in [0, 0.05) is 26.9 Å². The maximum Gasteiger partial charge on any atom is 0.305 e. The Labute approximate surface area is 89.7 Å². The molecule has 0 fully saturated rings. The highest BCUT2D eigenvalue weighted by molar-refractivity contribution is 5.69. The summed E-state index contributed by atoms with van der Waals surface area (Å²) < 4.78 is 14.5. The topological polar surface area (TPSA) is 61.8 Å². The van der Waals surface area contributed by atoms with Crippen LogP contribution in [0, 0.1) is 0 Å². The van der Waals surface area contributed by atoms with Crippen molar-refractivity contribution in [1.82, 2.24) is 0 Å². The number of carbonyl (C=O) groups excluding carboxylic acids is 2. The highest BCUT2D eigenvalue weighted by atomic mass is 16.7. The smallest absolute Gasteiger partial charge is 0.305 e. The molecule has 15 heavy (non-hydrogen) atoms. The van der Waals surface area contributed by atoms with Crippen LogP contribution in [0.25, 0.3) is 0 Å². The molecule has 5 nitrogen and oxygen atoms in total. The zero-order valence-electron chi connectivity index (χ0n) is 9.45. The number of esters is 1. The molecule has 0 amide bonds. The van der Waals surface area contributed by atoms with Crippen LogP contribution in [0.1, 0.15) is 33.1 Å². The molecule has 0 spiro atoms. The molecule has 0 aromatic heterocycles. The van der Waals surface area contributed by atoms with Crippen LogP contribution in [0.2, 0.25) is 0 Å². The average molecular weight is 218 g/mol. The van der Waals surface area contributed by atoms with Crippen molar-refractivity contribution in [3.8, 4) is 0 Å². The fourth-order valence-corrected chi connectivity index (χ4v) is 1.10. The average Bonchev–Trinajstić information content (AvgIpc) is 2.18. The van der Waals surface area contributed by atoms with Crippen molar-refractivity contribution in [1.29, 1.82) is 0 Å². The van der Waals surface area contributed by atoms with Crippen molar-refractivity contribution in [3.05, 3.63) is 0 Å². The first kappa shape index (κ1) is 13.9. The molecule has 0 saturated heterocycles. The Morgan fingerprint density at radius 1 is 1.47 bits per heavy atom. The summed E-state index contributed by atoms with van der Waals surface area (Å²) in [6.45, 7) is 4.12. The maximum atomic E-state index is 11.0. The van der Waals surface area contributed by atoms with Gasteiger partial charge in [-0.2, -0.15) is 0 Å². The van der Waals surface area contributed by atoms with Gasteiger partial charge in [0.05, 0.1) is 6.61 Å².